The van der Waals surface area contributed by atoms with Crippen LogP contribution in [0.15, 0.2) is 83.8 Å². The van der Waals surface area contributed by atoms with Gasteiger partial charge in [0.1, 0.15) is 18.9 Å². The van der Waals surface area contributed by atoms with Crippen molar-refractivity contribution in [1.82, 2.24) is 4.90 Å². The van der Waals surface area contributed by atoms with E-state index >= 15 is 0 Å². The highest BCUT2D eigenvalue weighted by Gasteiger charge is 2.36. The first-order valence-corrected chi connectivity index (χ1v) is 11.2. The topological polar surface area (TPSA) is 75.7 Å². The fourth-order valence-electron chi connectivity index (χ4n) is 3.07. The van der Waals surface area contributed by atoms with Gasteiger partial charge in [0.25, 0.3) is 11.1 Å². The molecule has 1 saturated heterocycles. The second-order valence-electron chi connectivity index (χ2n) is 7.17. The average Bonchev–Trinajstić information content (AvgIpc) is 3.08. The van der Waals surface area contributed by atoms with Crippen molar-refractivity contribution in [3.05, 3.63) is 99.9 Å². The third-order valence-corrected chi connectivity index (χ3v) is 5.89. The number of carbonyl (C=O) groups excluding carboxylic acids is 3. The number of imide groups is 1. The lowest BCUT2D eigenvalue weighted by molar-refractivity contribution is -0.127. The minimum atomic E-state index is -0.499. The smallest absolute Gasteiger partial charge is 0.294 e. The Hall–Kier alpha value is -3.55. The highest BCUT2D eigenvalue weighted by atomic mass is 35.5. The van der Waals surface area contributed by atoms with Crippen LogP contribution in [0.5, 0.6) is 5.75 Å². The highest BCUT2D eigenvalue weighted by molar-refractivity contribution is 8.18. The predicted octanol–water partition coefficient (Wildman–Crippen LogP) is 5.59. The van der Waals surface area contributed by atoms with Crippen LogP contribution in [-0.4, -0.2) is 28.5 Å². The van der Waals surface area contributed by atoms with E-state index < -0.39 is 17.1 Å². The van der Waals surface area contributed by atoms with Crippen molar-refractivity contribution >= 4 is 52.2 Å². The van der Waals surface area contributed by atoms with Gasteiger partial charge in [0.15, 0.2) is 0 Å². The standard InChI is InChI=1S/C25H19ClN2O4S/c26-19-8-10-20(11-9-19)27-23(29)15-28-24(30)22(33-25(28)31)14-17-6-12-21(13-7-17)32-16-18-4-2-1-3-5-18/h1-14H,15-16H2,(H,27,29)/b22-14+. The number of nitrogens with zero attached hydrogens (tertiary/aromatic N) is 1. The van der Waals surface area contributed by atoms with Gasteiger partial charge in [-0.25, -0.2) is 0 Å². The van der Waals surface area contributed by atoms with Crippen molar-refractivity contribution in [2.24, 2.45) is 0 Å². The van der Waals surface area contributed by atoms with Crippen LogP contribution in [0, 0.1) is 0 Å². The zero-order chi connectivity index (χ0) is 23.2. The van der Waals surface area contributed by atoms with Crippen LogP contribution in [0.1, 0.15) is 11.1 Å². The first-order valence-electron chi connectivity index (χ1n) is 10.1. The highest BCUT2D eigenvalue weighted by Crippen LogP contribution is 2.32. The SMILES string of the molecule is O=C(CN1C(=O)S/C(=C/c2ccc(OCc3ccccc3)cc2)C1=O)Nc1ccc(Cl)cc1. The lowest BCUT2D eigenvalue weighted by Crippen LogP contribution is -2.36. The number of halogens is 1. The fraction of sp³-hybridized carbons (Fsp3) is 0.0800. The van der Waals surface area contributed by atoms with E-state index in [-0.39, 0.29) is 11.4 Å². The number of rotatable bonds is 7. The number of nitrogens with one attached hydrogen (secondary N) is 1. The number of ether oxygens (including phenoxy) is 1. The van der Waals surface area contributed by atoms with Gasteiger partial charge in [-0.15, -0.1) is 0 Å². The molecule has 0 aliphatic carbocycles. The summed E-state index contributed by atoms with van der Waals surface area (Å²) < 4.78 is 5.76. The van der Waals surface area contributed by atoms with Gasteiger partial charge in [-0.2, -0.15) is 0 Å². The Balaban J connectivity index is 1.35. The summed E-state index contributed by atoms with van der Waals surface area (Å²) in [6.07, 6.45) is 1.63. The quantitative estimate of drug-likeness (QED) is 0.448. The van der Waals surface area contributed by atoms with Crippen molar-refractivity contribution in [1.29, 1.82) is 0 Å². The Kier molecular flexibility index (Phi) is 7.12. The molecule has 1 N–H and O–H groups in total. The maximum atomic E-state index is 12.7. The number of hydrogen-bond donors (Lipinski definition) is 1. The van der Waals surface area contributed by atoms with Crippen LogP contribution < -0.4 is 10.1 Å². The number of amides is 3. The molecule has 166 valence electrons. The minimum Gasteiger partial charge on any atom is -0.489 e. The van der Waals surface area contributed by atoms with E-state index in [1.165, 1.54) is 0 Å². The lowest BCUT2D eigenvalue weighted by Gasteiger charge is -2.12. The zero-order valence-electron chi connectivity index (χ0n) is 17.4. The molecular formula is C25H19ClN2O4S. The van der Waals surface area contributed by atoms with Gasteiger partial charge in [0.2, 0.25) is 5.91 Å². The summed E-state index contributed by atoms with van der Waals surface area (Å²) in [4.78, 5) is 38.4. The largest absolute Gasteiger partial charge is 0.489 e. The molecule has 3 amide bonds. The first kappa shape index (κ1) is 22.6. The fourth-order valence-corrected chi connectivity index (χ4v) is 4.03. The van der Waals surface area contributed by atoms with Crippen molar-refractivity contribution in [2.75, 3.05) is 11.9 Å². The molecule has 1 heterocycles. The molecule has 0 atom stereocenters. The second kappa shape index (κ2) is 10.4. The van der Waals surface area contributed by atoms with Gasteiger partial charge in [0.05, 0.1) is 4.91 Å². The maximum absolute atomic E-state index is 12.7. The lowest BCUT2D eigenvalue weighted by atomic mass is 10.2. The van der Waals surface area contributed by atoms with Crippen molar-refractivity contribution < 1.29 is 19.1 Å². The number of anilines is 1. The third-order valence-electron chi connectivity index (χ3n) is 4.73. The van der Waals surface area contributed by atoms with Crippen molar-refractivity contribution in [3.8, 4) is 5.75 Å². The zero-order valence-corrected chi connectivity index (χ0v) is 18.9. The molecule has 6 nitrogen and oxygen atoms in total. The molecule has 8 heteroatoms. The summed E-state index contributed by atoms with van der Waals surface area (Å²) in [6, 6.07) is 23.6. The average molecular weight is 479 g/mol. The van der Waals surface area contributed by atoms with Crippen molar-refractivity contribution in [2.45, 2.75) is 6.61 Å². The second-order valence-corrected chi connectivity index (χ2v) is 8.60. The molecule has 0 aromatic heterocycles. The van der Waals surface area contributed by atoms with Crippen LogP contribution in [0.2, 0.25) is 5.02 Å². The summed E-state index contributed by atoms with van der Waals surface area (Å²) in [5, 5.41) is 2.70. The van der Waals surface area contributed by atoms with Crippen molar-refractivity contribution in [3.63, 3.8) is 0 Å². The van der Waals surface area contributed by atoms with E-state index in [0.29, 0.717) is 23.1 Å². The Morgan fingerprint density at radius 1 is 0.970 bits per heavy atom. The molecule has 0 unspecified atom stereocenters. The van der Waals surface area contributed by atoms with E-state index in [1.807, 2.05) is 42.5 Å². The van der Waals surface area contributed by atoms with E-state index in [0.717, 1.165) is 27.8 Å². The molecule has 4 rings (SSSR count). The third kappa shape index (κ3) is 6.03. The molecule has 0 bridgehead atoms. The molecule has 33 heavy (non-hydrogen) atoms. The van der Waals surface area contributed by atoms with Crippen LogP contribution in [0.3, 0.4) is 0 Å². The monoisotopic (exact) mass is 478 g/mol. The molecule has 3 aromatic rings. The summed E-state index contributed by atoms with van der Waals surface area (Å²) in [7, 11) is 0. The summed E-state index contributed by atoms with van der Waals surface area (Å²) in [5.74, 6) is -0.274. The molecule has 1 fully saturated rings. The Morgan fingerprint density at radius 3 is 2.36 bits per heavy atom. The van der Waals surface area contributed by atoms with E-state index in [9.17, 15) is 14.4 Å². The van der Waals surface area contributed by atoms with E-state index in [4.69, 9.17) is 16.3 Å². The molecule has 0 radical (unpaired) electrons. The number of benzene rings is 3. The molecule has 1 aliphatic rings. The number of thioether (sulfide) groups is 1. The van der Waals surface area contributed by atoms with Crippen LogP contribution in [-0.2, 0) is 16.2 Å². The summed E-state index contributed by atoms with van der Waals surface area (Å²) >= 11 is 6.64. The normalized spacial score (nSPS) is 14.6. The maximum Gasteiger partial charge on any atom is 0.294 e. The van der Waals surface area contributed by atoms with Gasteiger partial charge >= 0.3 is 0 Å². The predicted molar refractivity (Wildman–Crippen MR) is 130 cm³/mol. The van der Waals surface area contributed by atoms with Crippen LogP contribution in [0.25, 0.3) is 6.08 Å². The number of hydrogen-bond acceptors (Lipinski definition) is 5. The Morgan fingerprint density at radius 2 is 1.67 bits per heavy atom. The van der Waals surface area contributed by atoms with Crippen LogP contribution >= 0.6 is 23.4 Å². The van der Waals surface area contributed by atoms with E-state index in [2.05, 4.69) is 5.32 Å². The van der Waals surface area contributed by atoms with Gasteiger partial charge < -0.3 is 10.1 Å². The van der Waals surface area contributed by atoms with Gasteiger partial charge in [-0.1, -0.05) is 54.1 Å². The first-order chi connectivity index (χ1) is 16.0. The van der Waals surface area contributed by atoms with Gasteiger partial charge in [-0.3, -0.25) is 19.3 Å². The number of carbonyl (C=O) groups is 3. The molecule has 0 saturated carbocycles. The molecule has 3 aromatic carbocycles. The van der Waals surface area contributed by atoms with Gasteiger partial charge in [0, 0.05) is 10.7 Å². The van der Waals surface area contributed by atoms with Crippen LogP contribution in [0.4, 0.5) is 10.5 Å². The minimum absolute atomic E-state index is 0.261. The molecule has 0 spiro atoms. The molecule has 1 aliphatic heterocycles. The molecular weight excluding hydrogens is 460 g/mol. The van der Waals surface area contributed by atoms with E-state index in [1.54, 1.807) is 42.5 Å². The summed E-state index contributed by atoms with van der Waals surface area (Å²) in [6.45, 7) is 0.0913. The van der Waals surface area contributed by atoms with Gasteiger partial charge in [-0.05, 0) is 65.4 Å². The Bertz CT molecular complexity index is 1200. The summed E-state index contributed by atoms with van der Waals surface area (Å²) in [5.41, 5.74) is 2.34. The Labute approximate surface area is 200 Å².